The van der Waals surface area contributed by atoms with E-state index < -0.39 is 17.7 Å². The average Bonchev–Trinajstić information content (AvgIpc) is 2.56. The predicted molar refractivity (Wildman–Crippen MR) is 91.2 cm³/mol. The number of carboxylic acid groups (broad SMARTS) is 1. The van der Waals surface area contributed by atoms with Crippen LogP contribution in [-0.2, 0) is 24.1 Å². The number of hydrogen-bond donors (Lipinski definition) is 1. The summed E-state index contributed by atoms with van der Waals surface area (Å²) in [6, 6.07) is 8.19. The molecule has 1 fully saturated rings. The van der Waals surface area contributed by atoms with Crippen LogP contribution in [0.25, 0.3) is 0 Å². The molecule has 0 atom stereocenters. The molecule has 0 saturated carbocycles. The quantitative estimate of drug-likeness (QED) is 0.831. The zero-order valence-electron chi connectivity index (χ0n) is 14.7. The number of aryl methyl sites for hydroxylation is 1. The Kier molecular flexibility index (Phi) is 5.36. The lowest BCUT2D eigenvalue weighted by molar-refractivity contribution is -0.147. The summed E-state index contributed by atoms with van der Waals surface area (Å²) >= 11 is 0. The van der Waals surface area contributed by atoms with Gasteiger partial charge in [-0.1, -0.05) is 12.1 Å². The molecule has 1 aliphatic rings. The number of ether oxygens (including phenoxy) is 1. The molecule has 1 N–H and O–H groups in total. The van der Waals surface area contributed by atoms with Crippen LogP contribution in [0.2, 0.25) is 0 Å². The monoisotopic (exact) mass is 380 g/mol. The number of benzene rings is 1. The Bertz CT molecular complexity index is 816. The largest absolute Gasteiger partial charge is 0.487 e. The van der Waals surface area contributed by atoms with Crippen LogP contribution in [-0.4, -0.2) is 34.0 Å². The summed E-state index contributed by atoms with van der Waals surface area (Å²) in [5.74, 6) is -0.536. The number of carboxylic acids is 1. The molecule has 1 aromatic carbocycles. The van der Waals surface area contributed by atoms with Gasteiger partial charge in [0.15, 0.2) is 0 Å². The molecule has 0 aliphatic carbocycles. The van der Waals surface area contributed by atoms with Crippen LogP contribution < -0.4 is 4.74 Å². The highest BCUT2D eigenvalue weighted by Crippen LogP contribution is 2.32. The minimum absolute atomic E-state index is 0.0604. The second-order valence-corrected chi connectivity index (χ2v) is 6.65. The molecule has 0 unspecified atom stereocenters. The third-order valence-corrected chi connectivity index (χ3v) is 4.49. The fourth-order valence-corrected chi connectivity index (χ4v) is 2.91. The summed E-state index contributed by atoms with van der Waals surface area (Å²) in [4.78, 5) is 16.8. The maximum atomic E-state index is 12.9. The van der Waals surface area contributed by atoms with Gasteiger partial charge in [0, 0.05) is 25.8 Å². The fourth-order valence-electron chi connectivity index (χ4n) is 2.91. The van der Waals surface area contributed by atoms with Crippen LogP contribution in [0.1, 0.15) is 22.4 Å². The Morgan fingerprint density at radius 2 is 1.96 bits per heavy atom. The van der Waals surface area contributed by atoms with Gasteiger partial charge in [-0.05, 0) is 36.2 Å². The summed E-state index contributed by atoms with van der Waals surface area (Å²) in [5.41, 5.74) is 0.587. The minimum Gasteiger partial charge on any atom is -0.487 e. The first-order chi connectivity index (χ1) is 12.7. The standard InChI is InChI=1S/C19H19F3N2O3/c1-12-7-23-15(6-17(12)19(20,21)22)11-27-16-4-2-13(3-5-16)8-24-9-14(10-24)18(25)26/h2-7,14H,8-11H2,1H3,(H,25,26). The van der Waals surface area contributed by atoms with E-state index in [0.717, 1.165) is 11.6 Å². The summed E-state index contributed by atoms with van der Waals surface area (Å²) in [6.45, 7) is 3.03. The lowest BCUT2D eigenvalue weighted by Crippen LogP contribution is -2.49. The molecule has 0 amide bonds. The summed E-state index contributed by atoms with van der Waals surface area (Å²) in [6.07, 6.45) is -3.22. The second kappa shape index (κ2) is 7.56. The molecule has 0 bridgehead atoms. The van der Waals surface area contributed by atoms with Crippen molar-refractivity contribution in [1.82, 2.24) is 9.88 Å². The first kappa shape index (κ1) is 19.2. The molecule has 2 heterocycles. The molecular formula is C19H19F3N2O3. The molecule has 1 aromatic heterocycles. The van der Waals surface area contributed by atoms with Crippen molar-refractivity contribution in [2.75, 3.05) is 13.1 Å². The Morgan fingerprint density at radius 1 is 1.30 bits per heavy atom. The highest BCUT2D eigenvalue weighted by atomic mass is 19.4. The fraction of sp³-hybridized carbons (Fsp3) is 0.368. The van der Waals surface area contributed by atoms with Gasteiger partial charge in [-0.25, -0.2) is 0 Å². The van der Waals surface area contributed by atoms with Crippen LogP contribution in [0.3, 0.4) is 0 Å². The molecule has 2 aromatic rings. The summed E-state index contributed by atoms with van der Waals surface area (Å²) < 4.78 is 44.3. The molecule has 0 radical (unpaired) electrons. The van der Waals surface area contributed by atoms with Gasteiger partial charge in [0.25, 0.3) is 0 Å². The maximum absolute atomic E-state index is 12.9. The smallest absolute Gasteiger partial charge is 0.416 e. The van der Waals surface area contributed by atoms with E-state index in [1.807, 2.05) is 17.0 Å². The van der Waals surface area contributed by atoms with E-state index in [2.05, 4.69) is 4.98 Å². The van der Waals surface area contributed by atoms with E-state index in [-0.39, 0.29) is 23.8 Å². The third-order valence-electron chi connectivity index (χ3n) is 4.49. The predicted octanol–water partition coefficient (Wildman–Crippen LogP) is 3.50. The number of halogens is 3. The molecule has 1 aliphatic heterocycles. The van der Waals surface area contributed by atoms with Crippen molar-refractivity contribution in [3.63, 3.8) is 0 Å². The lowest BCUT2D eigenvalue weighted by Gasteiger charge is -2.36. The van der Waals surface area contributed by atoms with E-state index in [4.69, 9.17) is 9.84 Å². The van der Waals surface area contributed by atoms with Crippen molar-refractivity contribution >= 4 is 5.97 Å². The molecule has 0 spiro atoms. The average molecular weight is 380 g/mol. The van der Waals surface area contributed by atoms with Gasteiger partial charge >= 0.3 is 12.1 Å². The number of likely N-dealkylation sites (tertiary alicyclic amines) is 1. The van der Waals surface area contributed by atoms with Gasteiger partial charge in [0.05, 0.1) is 17.2 Å². The SMILES string of the molecule is Cc1cnc(COc2ccc(CN3CC(C(=O)O)C3)cc2)cc1C(F)(F)F. The molecular weight excluding hydrogens is 361 g/mol. The number of hydrogen-bond acceptors (Lipinski definition) is 4. The zero-order valence-corrected chi connectivity index (χ0v) is 14.7. The minimum atomic E-state index is -4.42. The maximum Gasteiger partial charge on any atom is 0.416 e. The molecule has 27 heavy (non-hydrogen) atoms. The van der Waals surface area contributed by atoms with E-state index in [1.54, 1.807) is 12.1 Å². The van der Waals surface area contributed by atoms with Crippen LogP contribution in [0.4, 0.5) is 13.2 Å². The van der Waals surface area contributed by atoms with Crippen LogP contribution in [0, 0.1) is 12.8 Å². The Labute approximate surface area is 154 Å². The number of aromatic nitrogens is 1. The van der Waals surface area contributed by atoms with Gasteiger partial charge in [-0.15, -0.1) is 0 Å². The number of nitrogens with zero attached hydrogens (tertiary/aromatic N) is 2. The van der Waals surface area contributed by atoms with Crippen molar-refractivity contribution < 1.29 is 27.8 Å². The number of alkyl halides is 3. The Hall–Kier alpha value is -2.61. The van der Waals surface area contributed by atoms with Crippen molar-refractivity contribution in [2.45, 2.75) is 26.3 Å². The van der Waals surface area contributed by atoms with E-state index in [0.29, 0.717) is 25.4 Å². The molecule has 3 rings (SSSR count). The van der Waals surface area contributed by atoms with Gasteiger partial charge in [0.1, 0.15) is 12.4 Å². The van der Waals surface area contributed by atoms with Crippen molar-refractivity contribution in [3.05, 3.63) is 58.9 Å². The first-order valence-corrected chi connectivity index (χ1v) is 8.42. The summed E-state index contributed by atoms with van der Waals surface area (Å²) in [7, 11) is 0. The molecule has 1 saturated heterocycles. The van der Waals surface area contributed by atoms with Crippen molar-refractivity contribution in [3.8, 4) is 5.75 Å². The van der Waals surface area contributed by atoms with E-state index >= 15 is 0 Å². The van der Waals surface area contributed by atoms with Gasteiger partial charge in [0.2, 0.25) is 0 Å². The van der Waals surface area contributed by atoms with E-state index in [9.17, 15) is 18.0 Å². The third kappa shape index (κ3) is 4.77. The van der Waals surface area contributed by atoms with Crippen molar-refractivity contribution in [1.29, 1.82) is 0 Å². The Balaban J connectivity index is 1.54. The number of pyridine rings is 1. The van der Waals surface area contributed by atoms with Crippen LogP contribution >= 0.6 is 0 Å². The Morgan fingerprint density at radius 3 is 2.56 bits per heavy atom. The molecule has 8 heteroatoms. The van der Waals surface area contributed by atoms with Crippen molar-refractivity contribution in [2.24, 2.45) is 5.92 Å². The highest BCUT2D eigenvalue weighted by Gasteiger charge is 2.33. The number of rotatable bonds is 6. The zero-order chi connectivity index (χ0) is 19.6. The van der Waals surface area contributed by atoms with Gasteiger partial charge in [-0.3, -0.25) is 14.7 Å². The second-order valence-electron chi connectivity index (χ2n) is 6.65. The highest BCUT2D eigenvalue weighted by molar-refractivity contribution is 5.71. The van der Waals surface area contributed by atoms with Gasteiger partial charge < -0.3 is 9.84 Å². The van der Waals surface area contributed by atoms with Crippen LogP contribution in [0.5, 0.6) is 5.75 Å². The first-order valence-electron chi connectivity index (χ1n) is 8.42. The lowest BCUT2D eigenvalue weighted by atomic mass is 10.00. The topological polar surface area (TPSA) is 62.7 Å². The molecule has 5 nitrogen and oxygen atoms in total. The number of carbonyl (C=O) groups is 1. The normalized spacial score (nSPS) is 15.4. The number of aliphatic carboxylic acids is 1. The summed E-state index contributed by atoms with van der Waals surface area (Å²) in [5, 5.41) is 8.87. The van der Waals surface area contributed by atoms with E-state index in [1.165, 1.54) is 13.1 Å². The van der Waals surface area contributed by atoms with Crippen LogP contribution in [0.15, 0.2) is 36.5 Å². The molecule has 144 valence electrons. The van der Waals surface area contributed by atoms with Gasteiger partial charge in [-0.2, -0.15) is 13.2 Å².